The topological polar surface area (TPSA) is 24.5 Å². The van der Waals surface area contributed by atoms with Crippen LogP contribution in [0.2, 0.25) is 0 Å². The van der Waals surface area contributed by atoms with Gasteiger partial charge in [-0.1, -0.05) is 13.8 Å². The van der Waals surface area contributed by atoms with Crippen LogP contribution in [-0.2, 0) is 4.74 Å². The molecule has 0 bridgehead atoms. The molecule has 1 unspecified atom stereocenters. The molecule has 1 heterocycles. The summed E-state index contributed by atoms with van der Waals surface area (Å²) in [4.78, 5) is 2.42. The van der Waals surface area contributed by atoms with Crippen LogP contribution in [0.3, 0.4) is 0 Å². The lowest BCUT2D eigenvalue weighted by Crippen LogP contribution is -2.39. The third kappa shape index (κ3) is 4.49. The number of hydrogen-bond donors (Lipinski definition) is 1. The predicted molar refractivity (Wildman–Crippen MR) is 64.2 cm³/mol. The SMILES string of the molecule is CCC(CC)NCCN(C)C1CCOC1. The summed E-state index contributed by atoms with van der Waals surface area (Å²) in [6.07, 6.45) is 3.65. The van der Waals surface area contributed by atoms with E-state index < -0.39 is 0 Å². The van der Waals surface area contributed by atoms with Gasteiger partial charge in [-0.15, -0.1) is 0 Å². The van der Waals surface area contributed by atoms with Gasteiger partial charge in [0.05, 0.1) is 6.61 Å². The Morgan fingerprint density at radius 3 is 2.67 bits per heavy atom. The van der Waals surface area contributed by atoms with Crippen molar-refractivity contribution in [3.05, 3.63) is 0 Å². The summed E-state index contributed by atoms with van der Waals surface area (Å²) in [6.45, 7) is 8.58. The van der Waals surface area contributed by atoms with Gasteiger partial charge >= 0.3 is 0 Å². The number of likely N-dealkylation sites (N-methyl/N-ethyl adjacent to an activating group) is 1. The van der Waals surface area contributed by atoms with Crippen molar-refractivity contribution in [2.75, 3.05) is 33.4 Å². The van der Waals surface area contributed by atoms with Crippen molar-refractivity contribution in [2.24, 2.45) is 0 Å². The Kier molecular flexibility index (Phi) is 6.22. The Balaban J connectivity index is 2.07. The monoisotopic (exact) mass is 214 g/mol. The van der Waals surface area contributed by atoms with Crippen molar-refractivity contribution >= 4 is 0 Å². The molecule has 0 aromatic heterocycles. The normalized spacial score (nSPS) is 21.8. The Morgan fingerprint density at radius 1 is 1.40 bits per heavy atom. The van der Waals surface area contributed by atoms with Gasteiger partial charge in [0.1, 0.15) is 0 Å². The van der Waals surface area contributed by atoms with E-state index in [0.29, 0.717) is 12.1 Å². The van der Waals surface area contributed by atoms with Gasteiger partial charge in [-0.3, -0.25) is 4.90 Å². The highest BCUT2D eigenvalue weighted by molar-refractivity contribution is 4.74. The molecule has 1 aliphatic heterocycles. The average molecular weight is 214 g/mol. The summed E-state index contributed by atoms with van der Waals surface area (Å²) in [5.74, 6) is 0. The van der Waals surface area contributed by atoms with Gasteiger partial charge in [0.15, 0.2) is 0 Å². The first kappa shape index (κ1) is 12.9. The molecule has 1 rings (SSSR count). The second kappa shape index (κ2) is 7.20. The molecule has 0 saturated carbocycles. The van der Waals surface area contributed by atoms with E-state index in [4.69, 9.17) is 4.74 Å². The fourth-order valence-corrected chi connectivity index (χ4v) is 2.07. The summed E-state index contributed by atoms with van der Waals surface area (Å²) in [6, 6.07) is 1.34. The molecular formula is C12H26N2O. The van der Waals surface area contributed by atoms with Crippen molar-refractivity contribution in [3.8, 4) is 0 Å². The van der Waals surface area contributed by atoms with Gasteiger partial charge in [-0.2, -0.15) is 0 Å². The van der Waals surface area contributed by atoms with Crippen molar-refractivity contribution in [1.82, 2.24) is 10.2 Å². The van der Waals surface area contributed by atoms with Crippen LogP contribution in [0.5, 0.6) is 0 Å². The van der Waals surface area contributed by atoms with E-state index in [1.54, 1.807) is 0 Å². The van der Waals surface area contributed by atoms with E-state index in [0.717, 1.165) is 26.3 Å². The lowest BCUT2D eigenvalue weighted by molar-refractivity contribution is 0.159. The zero-order valence-corrected chi connectivity index (χ0v) is 10.5. The maximum Gasteiger partial charge on any atom is 0.0622 e. The van der Waals surface area contributed by atoms with Crippen molar-refractivity contribution < 1.29 is 4.74 Å². The summed E-state index contributed by atoms with van der Waals surface area (Å²) >= 11 is 0. The van der Waals surface area contributed by atoms with E-state index in [2.05, 4.69) is 31.1 Å². The minimum absolute atomic E-state index is 0.647. The summed E-state index contributed by atoms with van der Waals surface area (Å²) in [7, 11) is 2.20. The molecule has 3 nitrogen and oxygen atoms in total. The smallest absolute Gasteiger partial charge is 0.0622 e. The van der Waals surface area contributed by atoms with Gasteiger partial charge in [0.2, 0.25) is 0 Å². The highest BCUT2D eigenvalue weighted by atomic mass is 16.5. The first-order chi connectivity index (χ1) is 7.27. The second-order valence-corrected chi connectivity index (χ2v) is 4.47. The molecular weight excluding hydrogens is 188 g/mol. The fourth-order valence-electron chi connectivity index (χ4n) is 2.07. The number of hydrogen-bond acceptors (Lipinski definition) is 3. The van der Waals surface area contributed by atoms with Gasteiger partial charge in [0.25, 0.3) is 0 Å². The molecule has 1 N–H and O–H groups in total. The van der Waals surface area contributed by atoms with Gasteiger partial charge in [0, 0.05) is 31.8 Å². The minimum Gasteiger partial charge on any atom is -0.380 e. The zero-order chi connectivity index (χ0) is 11.1. The molecule has 0 spiro atoms. The number of nitrogens with zero attached hydrogens (tertiary/aromatic N) is 1. The van der Waals surface area contributed by atoms with E-state index in [9.17, 15) is 0 Å². The lowest BCUT2D eigenvalue weighted by atomic mass is 10.2. The lowest BCUT2D eigenvalue weighted by Gasteiger charge is -2.24. The van der Waals surface area contributed by atoms with Gasteiger partial charge < -0.3 is 10.1 Å². The van der Waals surface area contributed by atoms with Crippen molar-refractivity contribution in [3.63, 3.8) is 0 Å². The molecule has 90 valence electrons. The fraction of sp³-hybridized carbons (Fsp3) is 1.00. The van der Waals surface area contributed by atoms with Crippen LogP contribution in [0.25, 0.3) is 0 Å². The molecule has 1 aliphatic rings. The molecule has 0 radical (unpaired) electrons. The molecule has 1 atom stereocenters. The second-order valence-electron chi connectivity index (χ2n) is 4.47. The summed E-state index contributed by atoms with van der Waals surface area (Å²) < 4.78 is 5.39. The molecule has 1 saturated heterocycles. The minimum atomic E-state index is 0.647. The average Bonchev–Trinajstić information content (AvgIpc) is 2.77. The van der Waals surface area contributed by atoms with Crippen molar-refractivity contribution in [2.45, 2.75) is 45.2 Å². The molecule has 15 heavy (non-hydrogen) atoms. The van der Waals surface area contributed by atoms with Crippen LogP contribution in [0, 0.1) is 0 Å². The Hall–Kier alpha value is -0.120. The largest absolute Gasteiger partial charge is 0.380 e. The Bertz CT molecular complexity index is 154. The van der Waals surface area contributed by atoms with Crippen LogP contribution in [-0.4, -0.2) is 50.3 Å². The highest BCUT2D eigenvalue weighted by Gasteiger charge is 2.19. The molecule has 0 aromatic rings. The Labute approximate surface area is 94.2 Å². The van der Waals surface area contributed by atoms with Crippen LogP contribution >= 0.6 is 0 Å². The van der Waals surface area contributed by atoms with Crippen molar-refractivity contribution in [1.29, 1.82) is 0 Å². The number of nitrogens with one attached hydrogen (secondary N) is 1. The zero-order valence-electron chi connectivity index (χ0n) is 10.5. The van der Waals surface area contributed by atoms with Crippen LogP contribution in [0.15, 0.2) is 0 Å². The molecule has 0 aromatic carbocycles. The number of ether oxygens (including phenoxy) is 1. The molecule has 0 aliphatic carbocycles. The first-order valence-corrected chi connectivity index (χ1v) is 6.29. The third-order valence-corrected chi connectivity index (χ3v) is 3.41. The molecule has 0 amide bonds. The highest BCUT2D eigenvalue weighted by Crippen LogP contribution is 2.09. The van der Waals surface area contributed by atoms with Gasteiger partial charge in [-0.25, -0.2) is 0 Å². The van der Waals surface area contributed by atoms with Gasteiger partial charge in [-0.05, 0) is 26.3 Å². The Morgan fingerprint density at radius 2 is 2.13 bits per heavy atom. The van der Waals surface area contributed by atoms with Crippen LogP contribution in [0.1, 0.15) is 33.1 Å². The molecule has 3 heteroatoms. The molecule has 1 fully saturated rings. The van der Waals surface area contributed by atoms with Crippen LogP contribution < -0.4 is 5.32 Å². The van der Waals surface area contributed by atoms with E-state index in [-0.39, 0.29) is 0 Å². The number of rotatable bonds is 7. The third-order valence-electron chi connectivity index (χ3n) is 3.41. The predicted octanol–water partition coefficient (Wildman–Crippen LogP) is 1.49. The standard InChI is InChI=1S/C12H26N2O/c1-4-11(5-2)13-7-8-14(3)12-6-9-15-10-12/h11-13H,4-10H2,1-3H3. The summed E-state index contributed by atoms with van der Waals surface area (Å²) in [5.41, 5.74) is 0. The quantitative estimate of drug-likeness (QED) is 0.695. The summed E-state index contributed by atoms with van der Waals surface area (Å²) in [5, 5.41) is 3.59. The maximum absolute atomic E-state index is 5.39. The van der Waals surface area contributed by atoms with E-state index >= 15 is 0 Å². The van der Waals surface area contributed by atoms with E-state index in [1.165, 1.54) is 19.3 Å². The van der Waals surface area contributed by atoms with E-state index in [1.807, 2.05) is 0 Å². The maximum atomic E-state index is 5.39. The first-order valence-electron chi connectivity index (χ1n) is 6.29. The van der Waals surface area contributed by atoms with Crippen LogP contribution in [0.4, 0.5) is 0 Å².